The van der Waals surface area contributed by atoms with Crippen LogP contribution in [-0.4, -0.2) is 46.7 Å². The van der Waals surface area contributed by atoms with Gasteiger partial charge in [-0.05, 0) is 12.3 Å². The van der Waals surface area contributed by atoms with Crippen molar-refractivity contribution in [1.82, 2.24) is 14.9 Å². The smallest absolute Gasteiger partial charge is 0.273 e. The lowest BCUT2D eigenvalue weighted by Gasteiger charge is -2.32. The van der Waals surface area contributed by atoms with E-state index in [0.29, 0.717) is 25.4 Å². The summed E-state index contributed by atoms with van der Waals surface area (Å²) in [5.74, 6) is -0.0243. The quantitative estimate of drug-likeness (QED) is 0.813. The van der Waals surface area contributed by atoms with Gasteiger partial charge in [-0.25, -0.2) is 4.98 Å². The van der Waals surface area contributed by atoms with E-state index in [1.165, 1.54) is 11.3 Å². The van der Waals surface area contributed by atoms with E-state index < -0.39 is 0 Å². The Balaban J connectivity index is 1.72. The molecule has 21 heavy (non-hydrogen) atoms. The highest BCUT2D eigenvalue weighted by atomic mass is 32.2. The van der Waals surface area contributed by atoms with E-state index in [1.807, 2.05) is 23.8 Å². The van der Waals surface area contributed by atoms with Crippen molar-refractivity contribution >= 4 is 29.0 Å². The minimum atomic E-state index is -0.116. The molecule has 3 rings (SSSR count). The molecule has 1 aliphatic rings. The molecule has 0 bridgehead atoms. The molecule has 2 aromatic rings. The Morgan fingerprint density at radius 2 is 2.48 bits per heavy atom. The third-order valence-electron chi connectivity index (χ3n) is 3.29. The van der Waals surface area contributed by atoms with Crippen LogP contribution in [-0.2, 0) is 4.74 Å². The van der Waals surface area contributed by atoms with Crippen molar-refractivity contribution in [2.75, 3.05) is 26.0 Å². The van der Waals surface area contributed by atoms with E-state index in [9.17, 15) is 4.79 Å². The summed E-state index contributed by atoms with van der Waals surface area (Å²) in [7, 11) is 0. The zero-order valence-electron chi connectivity index (χ0n) is 11.6. The average Bonchev–Trinajstić information content (AvgIpc) is 3.04. The van der Waals surface area contributed by atoms with Gasteiger partial charge in [-0.1, -0.05) is 17.8 Å². The summed E-state index contributed by atoms with van der Waals surface area (Å²) >= 11 is 3.06. The molecule has 0 spiro atoms. The van der Waals surface area contributed by atoms with Crippen molar-refractivity contribution in [3.63, 3.8) is 0 Å². The van der Waals surface area contributed by atoms with Crippen LogP contribution in [0.15, 0.2) is 34.2 Å². The van der Waals surface area contributed by atoms with E-state index in [0.717, 1.165) is 9.90 Å². The molecule has 1 fully saturated rings. The molecule has 0 unspecified atom stereocenters. The van der Waals surface area contributed by atoms with Gasteiger partial charge in [-0.2, -0.15) is 0 Å². The second-order valence-corrected chi connectivity index (χ2v) is 6.51. The normalized spacial score (nSPS) is 18.7. The van der Waals surface area contributed by atoms with Crippen molar-refractivity contribution in [3.05, 3.63) is 41.2 Å². The number of hydrogen-bond donors (Lipinski definition) is 0. The van der Waals surface area contributed by atoms with Crippen molar-refractivity contribution in [1.29, 1.82) is 0 Å². The first-order valence-electron chi connectivity index (χ1n) is 6.58. The Morgan fingerprint density at radius 3 is 3.19 bits per heavy atom. The summed E-state index contributed by atoms with van der Waals surface area (Å²) in [6, 6.07) is 3.85. The molecular weight excluding hydrogens is 306 g/mol. The number of ether oxygens (including phenoxy) is 1. The number of hydrogen-bond acceptors (Lipinski definition) is 6. The molecule has 0 radical (unpaired) electrons. The van der Waals surface area contributed by atoms with Gasteiger partial charge in [-0.15, -0.1) is 11.3 Å². The molecule has 5 nitrogen and oxygen atoms in total. The highest BCUT2D eigenvalue weighted by Crippen LogP contribution is 2.24. The van der Waals surface area contributed by atoms with Crippen LogP contribution in [0.25, 0.3) is 0 Å². The van der Waals surface area contributed by atoms with Gasteiger partial charge in [0.25, 0.3) is 5.91 Å². The van der Waals surface area contributed by atoms with Crippen LogP contribution in [0.3, 0.4) is 0 Å². The van der Waals surface area contributed by atoms with Gasteiger partial charge in [0.2, 0.25) is 0 Å². The lowest BCUT2D eigenvalue weighted by Crippen LogP contribution is -2.42. The van der Waals surface area contributed by atoms with Gasteiger partial charge in [0.1, 0.15) is 16.1 Å². The molecule has 7 heteroatoms. The molecule has 1 aliphatic heterocycles. The first kappa shape index (κ1) is 14.5. The second kappa shape index (κ2) is 6.55. The standard InChI is InChI=1S/C14H15N3O2S2/c1-20-14-16-11(9-21-14)13(18)17-5-6-19-12(8-17)10-3-2-4-15-7-10/h2-4,7,9,12H,5-6,8H2,1H3/t12-/m0/s1. The Kier molecular flexibility index (Phi) is 4.52. The van der Waals surface area contributed by atoms with Gasteiger partial charge in [0.05, 0.1) is 13.2 Å². The van der Waals surface area contributed by atoms with E-state index in [4.69, 9.17) is 4.74 Å². The summed E-state index contributed by atoms with van der Waals surface area (Å²) in [6.07, 6.45) is 5.36. The number of rotatable bonds is 3. The SMILES string of the molecule is CSc1nc(C(=O)N2CCO[C@H](c3cccnc3)C2)cs1. The van der Waals surface area contributed by atoms with Crippen LogP contribution in [0.2, 0.25) is 0 Å². The lowest BCUT2D eigenvalue weighted by atomic mass is 10.1. The predicted octanol–water partition coefficient (Wildman–Crippen LogP) is 2.47. The van der Waals surface area contributed by atoms with Crippen LogP contribution in [0, 0.1) is 0 Å². The van der Waals surface area contributed by atoms with Crippen molar-refractivity contribution in [2.24, 2.45) is 0 Å². The number of nitrogens with zero attached hydrogens (tertiary/aromatic N) is 3. The fourth-order valence-electron chi connectivity index (χ4n) is 2.21. The van der Waals surface area contributed by atoms with Crippen LogP contribution in [0.1, 0.15) is 22.2 Å². The van der Waals surface area contributed by atoms with Gasteiger partial charge in [0.15, 0.2) is 0 Å². The predicted molar refractivity (Wildman–Crippen MR) is 82.7 cm³/mol. The maximum atomic E-state index is 12.5. The van der Waals surface area contributed by atoms with E-state index in [1.54, 1.807) is 29.1 Å². The Morgan fingerprint density at radius 1 is 1.57 bits per heavy atom. The van der Waals surface area contributed by atoms with Gasteiger partial charge in [-0.3, -0.25) is 9.78 Å². The zero-order chi connectivity index (χ0) is 14.7. The topological polar surface area (TPSA) is 55.3 Å². The minimum absolute atomic E-state index is 0.0243. The molecule has 1 atom stereocenters. The van der Waals surface area contributed by atoms with Crippen LogP contribution >= 0.6 is 23.1 Å². The average molecular weight is 321 g/mol. The van der Waals surface area contributed by atoms with Gasteiger partial charge in [0, 0.05) is 29.9 Å². The molecule has 110 valence electrons. The molecule has 0 aliphatic carbocycles. The number of thioether (sulfide) groups is 1. The Hall–Kier alpha value is -1.44. The highest BCUT2D eigenvalue weighted by Gasteiger charge is 2.27. The highest BCUT2D eigenvalue weighted by molar-refractivity contribution is 8.00. The van der Waals surface area contributed by atoms with Crippen LogP contribution in [0.5, 0.6) is 0 Å². The second-order valence-electron chi connectivity index (χ2n) is 4.60. The number of carbonyl (C=O) groups is 1. The number of pyridine rings is 1. The Labute approximate surface area is 131 Å². The van der Waals surface area contributed by atoms with E-state index in [2.05, 4.69) is 9.97 Å². The first-order valence-corrected chi connectivity index (χ1v) is 8.68. The largest absolute Gasteiger partial charge is 0.370 e. The third-order valence-corrected chi connectivity index (χ3v) is 5.15. The monoisotopic (exact) mass is 321 g/mol. The van der Waals surface area contributed by atoms with Gasteiger partial charge >= 0.3 is 0 Å². The summed E-state index contributed by atoms with van der Waals surface area (Å²) in [6.45, 7) is 1.67. The molecule has 0 N–H and O–H groups in total. The summed E-state index contributed by atoms with van der Waals surface area (Å²) < 4.78 is 6.66. The summed E-state index contributed by atoms with van der Waals surface area (Å²) in [5.41, 5.74) is 1.52. The van der Waals surface area contributed by atoms with Crippen molar-refractivity contribution in [3.8, 4) is 0 Å². The molecule has 1 saturated heterocycles. The fourth-order valence-corrected chi connectivity index (χ4v) is 3.45. The molecule has 2 aromatic heterocycles. The Bertz CT molecular complexity index is 618. The van der Waals surface area contributed by atoms with Gasteiger partial charge < -0.3 is 9.64 Å². The van der Waals surface area contributed by atoms with Crippen LogP contribution < -0.4 is 0 Å². The molecular formula is C14H15N3O2S2. The first-order chi connectivity index (χ1) is 10.3. The minimum Gasteiger partial charge on any atom is -0.370 e. The molecule has 1 amide bonds. The van der Waals surface area contributed by atoms with E-state index in [-0.39, 0.29) is 12.0 Å². The maximum Gasteiger partial charge on any atom is 0.273 e. The zero-order valence-corrected chi connectivity index (χ0v) is 13.2. The number of amides is 1. The maximum absolute atomic E-state index is 12.5. The van der Waals surface area contributed by atoms with E-state index >= 15 is 0 Å². The number of aromatic nitrogens is 2. The van der Waals surface area contributed by atoms with Crippen molar-refractivity contribution < 1.29 is 9.53 Å². The van der Waals surface area contributed by atoms with Crippen LogP contribution in [0.4, 0.5) is 0 Å². The molecule has 3 heterocycles. The molecule has 0 aromatic carbocycles. The fraction of sp³-hybridized carbons (Fsp3) is 0.357. The molecule has 0 saturated carbocycles. The van der Waals surface area contributed by atoms with Crippen molar-refractivity contribution in [2.45, 2.75) is 10.4 Å². The summed E-state index contributed by atoms with van der Waals surface area (Å²) in [4.78, 5) is 22.7. The summed E-state index contributed by atoms with van der Waals surface area (Å²) in [5, 5.41) is 1.82. The third kappa shape index (κ3) is 3.25. The lowest BCUT2D eigenvalue weighted by molar-refractivity contribution is -0.0231. The number of morpholine rings is 1. The number of carbonyl (C=O) groups excluding carboxylic acids is 1. The number of thiazole rings is 1.